The van der Waals surface area contributed by atoms with Gasteiger partial charge in [0.2, 0.25) is 6.29 Å². The van der Waals surface area contributed by atoms with Gasteiger partial charge in [0, 0.05) is 0 Å². The van der Waals surface area contributed by atoms with E-state index in [1.807, 2.05) is 91.0 Å². The zero-order valence-electron chi connectivity index (χ0n) is 20.3. The Bertz CT molecular complexity index is 1240. The molecule has 5 rings (SSSR count). The molecule has 1 saturated heterocycles. The predicted molar refractivity (Wildman–Crippen MR) is 137 cm³/mol. The summed E-state index contributed by atoms with van der Waals surface area (Å²) in [6.45, 7) is -0.405. The van der Waals surface area contributed by atoms with E-state index in [0.717, 1.165) is 16.7 Å². The Morgan fingerprint density at radius 2 is 1.18 bits per heavy atom. The SMILES string of the molecule is O=C(O[C@H]1[C@@H](COC(c2ccccc2)(c2ccccc2)c2ccccc2)O[C@@H](O)C1(F)F)c1ccccc1. The highest BCUT2D eigenvalue weighted by atomic mass is 19.3. The summed E-state index contributed by atoms with van der Waals surface area (Å²) in [6, 6.07) is 36.0. The van der Waals surface area contributed by atoms with Crippen molar-refractivity contribution in [1.82, 2.24) is 0 Å². The molecule has 0 bridgehead atoms. The summed E-state index contributed by atoms with van der Waals surface area (Å²) in [5.74, 6) is -4.79. The van der Waals surface area contributed by atoms with Gasteiger partial charge in [-0.2, -0.15) is 8.78 Å². The van der Waals surface area contributed by atoms with E-state index in [1.165, 1.54) is 12.1 Å². The Kier molecular flexibility index (Phi) is 7.33. The third-order valence-electron chi connectivity index (χ3n) is 6.60. The lowest BCUT2D eigenvalue weighted by Crippen LogP contribution is -2.45. The van der Waals surface area contributed by atoms with Crippen LogP contribution in [0.5, 0.6) is 0 Å². The first-order valence-electron chi connectivity index (χ1n) is 12.2. The Hall–Kier alpha value is -3.91. The number of alkyl halides is 2. The molecule has 3 atom stereocenters. The van der Waals surface area contributed by atoms with Gasteiger partial charge in [0.1, 0.15) is 11.7 Å². The van der Waals surface area contributed by atoms with Crippen molar-refractivity contribution < 1.29 is 32.9 Å². The van der Waals surface area contributed by atoms with E-state index in [4.69, 9.17) is 14.2 Å². The van der Waals surface area contributed by atoms with Crippen LogP contribution in [0.25, 0.3) is 0 Å². The molecule has 1 aliphatic heterocycles. The first-order chi connectivity index (χ1) is 18.4. The number of carbonyl (C=O) groups is 1. The number of carbonyl (C=O) groups excluding carboxylic acids is 1. The quantitative estimate of drug-likeness (QED) is 0.245. The third kappa shape index (κ3) is 4.84. The summed E-state index contributed by atoms with van der Waals surface area (Å²) in [5.41, 5.74) is 1.20. The van der Waals surface area contributed by atoms with Crippen molar-refractivity contribution in [3.63, 3.8) is 0 Å². The van der Waals surface area contributed by atoms with Crippen LogP contribution in [0.15, 0.2) is 121 Å². The topological polar surface area (TPSA) is 65.0 Å². The molecule has 4 aromatic rings. The summed E-state index contributed by atoms with van der Waals surface area (Å²) in [7, 11) is 0. The van der Waals surface area contributed by atoms with Gasteiger partial charge in [0.25, 0.3) is 0 Å². The maximum Gasteiger partial charge on any atom is 0.338 e. The second-order valence-electron chi connectivity index (χ2n) is 8.98. The van der Waals surface area contributed by atoms with Gasteiger partial charge >= 0.3 is 11.9 Å². The Morgan fingerprint density at radius 1 is 0.763 bits per heavy atom. The predicted octanol–water partition coefficient (Wildman–Crippen LogP) is 5.57. The number of benzene rings is 4. The Balaban J connectivity index is 1.52. The minimum absolute atomic E-state index is 0.108. The van der Waals surface area contributed by atoms with Gasteiger partial charge in [-0.15, -0.1) is 0 Å². The smallest absolute Gasteiger partial charge is 0.338 e. The largest absolute Gasteiger partial charge is 0.449 e. The van der Waals surface area contributed by atoms with Crippen LogP contribution in [0.1, 0.15) is 27.0 Å². The number of aliphatic hydroxyl groups is 1. The van der Waals surface area contributed by atoms with Crippen molar-refractivity contribution in [2.75, 3.05) is 6.61 Å². The molecule has 194 valence electrons. The molecule has 0 amide bonds. The van der Waals surface area contributed by atoms with Crippen molar-refractivity contribution in [1.29, 1.82) is 0 Å². The number of ether oxygens (including phenoxy) is 3. The van der Waals surface area contributed by atoms with Crippen LogP contribution in [-0.4, -0.2) is 42.1 Å². The molecule has 1 N–H and O–H groups in total. The van der Waals surface area contributed by atoms with Gasteiger partial charge in [-0.25, -0.2) is 4.79 Å². The Labute approximate surface area is 219 Å². The van der Waals surface area contributed by atoms with Crippen LogP contribution in [0, 0.1) is 0 Å². The number of halogens is 2. The number of esters is 1. The fourth-order valence-electron chi connectivity index (χ4n) is 4.73. The van der Waals surface area contributed by atoms with Crippen molar-refractivity contribution in [3.8, 4) is 0 Å². The van der Waals surface area contributed by atoms with Gasteiger partial charge in [-0.05, 0) is 28.8 Å². The Morgan fingerprint density at radius 3 is 1.63 bits per heavy atom. The maximum atomic E-state index is 15.0. The van der Waals surface area contributed by atoms with Crippen LogP contribution < -0.4 is 0 Å². The maximum absolute atomic E-state index is 15.0. The lowest BCUT2D eigenvalue weighted by Gasteiger charge is -2.37. The molecule has 38 heavy (non-hydrogen) atoms. The highest BCUT2D eigenvalue weighted by Crippen LogP contribution is 2.43. The molecule has 5 nitrogen and oxygen atoms in total. The fraction of sp³-hybridized carbons (Fsp3) is 0.194. The van der Waals surface area contributed by atoms with Gasteiger partial charge in [0.05, 0.1) is 12.2 Å². The van der Waals surface area contributed by atoms with Crippen molar-refractivity contribution in [2.24, 2.45) is 0 Å². The summed E-state index contributed by atoms with van der Waals surface area (Å²) >= 11 is 0. The molecule has 0 radical (unpaired) electrons. The molecule has 1 heterocycles. The van der Waals surface area contributed by atoms with Crippen LogP contribution in [-0.2, 0) is 19.8 Å². The molecule has 0 aromatic heterocycles. The first-order valence-corrected chi connectivity index (χ1v) is 12.2. The third-order valence-corrected chi connectivity index (χ3v) is 6.60. The minimum atomic E-state index is -3.84. The molecular formula is C31H26F2O5. The summed E-state index contributed by atoms with van der Waals surface area (Å²) in [4.78, 5) is 12.7. The highest BCUT2D eigenvalue weighted by Gasteiger charge is 2.61. The lowest BCUT2D eigenvalue weighted by molar-refractivity contribution is -0.200. The molecule has 0 spiro atoms. The zero-order chi connectivity index (χ0) is 26.6. The number of aliphatic hydroxyl groups excluding tert-OH is 1. The molecule has 0 aliphatic carbocycles. The summed E-state index contributed by atoms with van der Waals surface area (Å²) < 4.78 is 47.0. The normalized spacial score (nSPS) is 20.7. The number of hydrogen-bond acceptors (Lipinski definition) is 5. The standard InChI is InChI=1S/C31H26F2O5/c32-31(33)27(38-28(34)22-13-5-1-6-14-22)26(37-29(31)35)21-36-30(23-15-7-2-8-16-23,24-17-9-3-10-18-24)25-19-11-4-12-20-25/h1-20,26-27,29,35H,21H2/t26-,27+,29-/m1/s1. The monoisotopic (exact) mass is 516 g/mol. The average Bonchev–Trinajstić information content (AvgIpc) is 3.18. The summed E-state index contributed by atoms with van der Waals surface area (Å²) in [6.07, 6.45) is -5.96. The van der Waals surface area contributed by atoms with Gasteiger partial charge in [-0.3, -0.25) is 0 Å². The first kappa shape index (κ1) is 25.7. The van der Waals surface area contributed by atoms with E-state index in [2.05, 4.69) is 0 Å². The highest BCUT2D eigenvalue weighted by molar-refractivity contribution is 5.89. The molecule has 0 unspecified atom stereocenters. The van der Waals surface area contributed by atoms with E-state index >= 15 is 8.78 Å². The molecule has 7 heteroatoms. The fourth-order valence-corrected chi connectivity index (χ4v) is 4.73. The zero-order valence-corrected chi connectivity index (χ0v) is 20.3. The lowest BCUT2D eigenvalue weighted by atomic mass is 9.80. The van der Waals surface area contributed by atoms with Crippen molar-refractivity contribution in [2.45, 2.75) is 30.0 Å². The molecule has 4 aromatic carbocycles. The van der Waals surface area contributed by atoms with E-state index in [-0.39, 0.29) is 5.56 Å². The van der Waals surface area contributed by atoms with Crippen LogP contribution in [0.2, 0.25) is 0 Å². The van der Waals surface area contributed by atoms with Crippen LogP contribution in [0.4, 0.5) is 8.78 Å². The molecule has 1 aliphatic rings. The number of rotatable bonds is 8. The number of hydrogen-bond donors (Lipinski definition) is 1. The minimum Gasteiger partial charge on any atom is -0.449 e. The van der Waals surface area contributed by atoms with E-state index in [9.17, 15) is 9.90 Å². The van der Waals surface area contributed by atoms with Crippen LogP contribution >= 0.6 is 0 Å². The van der Waals surface area contributed by atoms with E-state index in [0.29, 0.717) is 0 Å². The van der Waals surface area contributed by atoms with Crippen molar-refractivity contribution in [3.05, 3.63) is 144 Å². The van der Waals surface area contributed by atoms with E-state index in [1.54, 1.807) is 18.2 Å². The van der Waals surface area contributed by atoms with Crippen LogP contribution in [0.3, 0.4) is 0 Å². The molecule has 1 fully saturated rings. The molecule has 0 saturated carbocycles. The average molecular weight is 517 g/mol. The van der Waals surface area contributed by atoms with Gasteiger partial charge in [-0.1, -0.05) is 109 Å². The second kappa shape index (κ2) is 10.8. The van der Waals surface area contributed by atoms with E-state index < -0.39 is 42.6 Å². The van der Waals surface area contributed by atoms with Gasteiger partial charge < -0.3 is 19.3 Å². The summed E-state index contributed by atoms with van der Waals surface area (Å²) in [5, 5.41) is 10.0. The second-order valence-corrected chi connectivity index (χ2v) is 8.98. The molecular weight excluding hydrogens is 490 g/mol. The van der Waals surface area contributed by atoms with Crippen molar-refractivity contribution >= 4 is 5.97 Å². The van der Waals surface area contributed by atoms with Gasteiger partial charge in [0.15, 0.2) is 6.10 Å².